The standard InChI is InChI=1S/C23H21ClN2O5/c1-23(2,3)25-22(27)15-7-9-18(10-8-15)30-20-12-17(26(28)29)13-21(14-20)31-19-6-4-5-16(24)11-19/h4-14H,1-3H3,(H,25,27). The van der Waals surface area contributed by atoms with Crippen molar-refractivity contribution in [3.8, 4) is 23.0 Å². The summed E-state index contributed by atoms with van der Waals surface area (Å²) in [6.07, 6.45) is 0. The van der Waals surface area contributed by atoms with Crippen LogP contribution in [0.4, 0.5) is 5.69 Å². The maximum absolute atomic E-state index is 12.2. The van der Waals surface area contributed by atoms with Gasteiger partial charge in [-0.3, -0.25) is 14.9 Å². The molecule has 0 aliphatic carbocycles. The van der Waals surface area contributed by atoms with Crippen molar-refractivity contribution < 1.29 is 19.2 Å². The van der Waals surface area contributed by atoms with Gasteiger partial charge in [-0.05, 0) is 63.2 Å². The molecule has 0 aliphatic rings. The molecule has 0 atom stereocenters. The van der Waals surface area contributed by atoms with Gasteiger partial charge in [0, 0.05) is 22.2 Å². The lowest BCUT2D eigenvalue weighted by Gasteiger charge is -2.20. The van der Waals surface area contributed by atoms with Crippen molar-refractivity contribution in [1.29, 1.82) is 0 Å². The van der Waals surface area contributed by atoms with Crippen LogP contribution < -0.4 is 14.8 Å². The average Bonchev–Trinajstić information content (AvgIpc) is 2.67. The van der Waals surface area contributed by atoms with Crippen LogP contribution in [0.2, 0.25) is 5.02 Å². The Morgan fingerprint density at radius 1 is 0.903 bits per heavy atom. The lowest BCUT2D eigenvalue weighted by atomic mass is 10.1. The minimum absolute atomic E-state index is 0.185. The monoisotopic (exact) mass is 440 g/mol. The van der Waals surface area contributed by atoms with Crippen molar-refractivity contribution in [2.24, 2.45) is 0 Å². The molecule has 0 aromatic heterocycles. The normalized spacial score (nSPS) is 11.0. The van der Waals surface area contributed by atoms with Gasteiger partial charge >= 0.3 is 0 Å². The molecule has 0 saturated carbocycles. The Morgan fingerprint density at radius 2 is 1.52 bits per heavy atom. The van der Waals surface area contributed by atoms with E-state index in [1.165, 1.54) is 18.2 Å². The van der Waals surface area contributed by atoms with Crippen LogP contribution in [0.15, 0.2) is 66.7 Å². The molecular weight excluding hydrogens is 420 g/mol. The third kappa shape index (κ3) is 6.45. The van der Waals surface area contributed by atoms with Crippen LogP contribution in [0.3, 0.4) is 0 Å². The van der Waals surface area contributed by atoms with Crippen molar-refractivity contribution in [3.63, 3.8) is 0 Å². The second-order valence-corrected chi connectivity index (χ2v) is 8.25. The molecule has 8 heteroatoms. The van der Waals surface area contributed by atoms with Crippen LogP contribution in [0.5, 0.6) is 23.0 Å². The van der Waals surface area contributed by atoms with Crippen LogP contribution in [-0.4, -0.2) is 16.4 Å². The summed E-state index contributed by atoms with van der Waals surface area (Å²) in [4.78, 5) is 23.0. The van der Waals surface area contributed by atoms with Gasteiger partial charge in [0.25, 0.3) is 11.6 Å². The summed E-state index contributed by atoms with van der Waals surface area (Å²) in [7, 11) is 0. The first-order valence-corrected chi connectivity index (χ1v) is 9.80. The van der Waals surface area contributed by atoms with Gasteiger partial charge in [0.05, 0.1) is 17.1 Å². The number of benzene rings is 3. The predicted molar refractivity (Wildman–Crippen MR) is 118 cm³/mol. The molecule has 160 valence electrons. The van der Waals surface area contributed by atoms with Gasteiger partial charge in [-0.25, -0.2) is 0 Å². The van der Waals surface area contributed by atoms with E-state index in [4.69, 9.17) is 21.1 Å². The van der Waals surface area contributed by atoms with Gasteiger partial charge in [0.1, 0.15) is 23.0 Å². The van der Waals surface area contributed by atoms with Crippen LogP contribution in [0, 0.1) is 10.1 Å². The highest BCUT2D eigenvalue weighted by Gasteiger charge is 2.16. The summed E-state index contributed by atoms with van der Waals surface area (Å²) in [5.74, 6) is 1.10. The molecule has 3 rings (SSSR count). The summed E-state index contributed by atoms with van der Waals surface area (Å²) in [6.45, 7) is 5.69. The van der Waals surface area contributed by atoms with Crippen molar-refractivity contribution in [2.75, 3.05) is 0 Å². The van der Waals surface area contributed by atoms with Crippen molar-refractivity contribution >= 4 is 23.2 Å². The summed E-state index contributed by atoms with van der Waals surface area (Å²) in [5, 5.41) is 14.7. The highest BCUT2D eigenvalue weighted by molar-refractivity contribution is 6.30. The summed E-state index contributed by atoms with van der Waals surface area (Å²) < 4.78 is 11.5. The number of nitro benzene ring substituents is 1. The van der Waals surface area contributed by atoms with E-state index in [9.17, 15) is 14.9 Å². The Bertz CT molecular complexity index is 1110. The molecule has 1 amide bonds. The molecule has 0 spiro atoms. The molecule has 1 N–H and O–H groups in total. The van der Waals surface area contributed by atoms with Gasteiger partial charge in [-0.1, -0.05) is 17.7 Å². The van der Waals surface area contributed by atoms with E-state index >= 15 is 0 Å². The summed E-state index contributed by atoms with van der Waals surface area (Å²) >= 11 is 5.96. The largest absolute Gasteiger partial charge is 0.457 e. The van der Waals surface area contributed by atoms with Crippen molar-refractivity contribution in [2.45, 2.75) is 26.3 Å². The molecule has 0 aliphatic heterocycles. The van der Waals surface area contributed by atoms with Gasteiger partial charge in [-0.2, -0.15) is 0 Å². The Morgan fingerprint density at radius 3 is 2.06 bits per heavy atom. The maximum Gasteiger partial charge on any atom is 0.276 e. The molecular formula is C23H21ClN2O5. The molecule has 0 unspecified atom stereocenters. The minimum atomic E-state index is -0.530. The highest BCUT2D eigenvalue weighted by atomic mass is 35.5. The van der Waals surface area contributed by atoms with Gasteiger partial charge in [-0.15, -0.1) is 0 Å². The smallest absolute Gasteiger partial charge is 0.276 e. The molecule has 0 heterocycles. The van der Waals surface area contributed by atoms with E-state index in [1.54, 1.807) is 48.5 Å². The highest BCUT2D eigenvalue weighted by Crippen LogP contribution is 2.34. The van der Waals surface area contributed by atoms with Crippen LogP contribution in [-0.2, 0) is 0 Å². The number of nitrogens with zero attached hydrogens (tertiary/aromatic N) is 1. The third-order valence-electron chi connectivity index (χ3n) is 3.95. The van der Waals surface area contributed by atoms with E-state index in [0.717, 1.165) is 0 Å². The number of nitro groups is 1. The van der Waals surface area contributed by atoms with E-state index < -0.39 is 4.92 Å². The molecule has 3 aromatic carbocycles. The molecule has 31 heavy (non-hydrogen) atoms. The zero-order valence-electron chi connectivity index (χ0n) is 17.2. The average molecular weight is 441 g/mol. The van der Waals surface area contributed by atoms with Crippen LogP contribution in [0.1, 0.15) is 31.1 Å². The van der Waals surface area contributed by atoms with Gasteiger partial charge < -0.3 is 14.8 Å². The Balaban J connectivity index is 1.81. The zero-order valence-corrected chi connectivity index (χ0v) is 18.0. The number of rotatable bonds is 6. The van der Waals surface area contributed by atoms with E-state index in [2.05, 4.69) is 5.32 Å². The van der Waals surface area contributed by atoms with E-state index in [0.29, 0.717) is 22.1 Å². The molecule has 7 nitrogen and oxygen atoms in total. The molecule has 0 radical (unpaired) electrons. The number of nitrogens with one attached hydrogen (secondary N) is 1. The quantitative estimate of drug-likeness (QED) is 0.355. The van der Waals surface area contributed by atoms with Crippen molar-refractivity contribution in [3.05, 3.63) is 87.4 Å². The number of non-ortho nitro benzene ring substituents is 1. The number of hydrogen-bond acceptors (Lipinski definition) is 5. The number of ether oxygens (including phenoxy) is 2. The first-order valence-electron chi connectivity index (χ1n) is 9.42. The number of hydrogen-bond donors (Lipinski definition) is 1. The fourth-order valence-corrected chi connectivity index (χ4v) is 2.85. The second kappa shape index (κ2) is 9.06. The lowest BCUT2D eigenvalue weighted by Crippen LogP contribution is -2.40. The Kier molecular flexibility index (Phi) is 6.46. The number of halogens is 1. The maximum atomic E-state index is 12.2. The fourth-order valence-electron chi connectivity index (χ4n) is 2.67. The van der Waals surface area contributed by atoms with E-state index in [-0.39, 0.29) is 28.6 Å². The lowest BCUT2D eigenvalue weighted by molar-refractivity contribution is -0.385. The third-order valence-corrected chi connectivity index (χ3v) is 4.18. The van der Waals surface area contributed by atoms with Crippen LogP contribution in [0.25, 0.3) is 0 Å². The summed E-state index contributed by atoms with van der Waals surface area (Å²) in [6, 6.07) is 17.3. The zero-order chi connectivity index (χ0) is 22.6. The predicted octanol–water partition coefficient (Wildman–Crippen LogP) is 6.36. The topological polar surface area (TPSA) is 90.7 Å². The molecule has 0 saturated heterocycles. The Hall–Kier alpha value is -3.58. The summed E-state index contributed by atoms with van der Waals surface area (Å²) in [5.41, 5.74) is -0.0591. The number of amides is 1. The first kappa shape index (κ1) is 22.1. The SMILES string of the molecule is CC(C)(C)NC(=O)c1ccc(Oc2cc(Oc3cccc(Cl)c3)cc([N+](=O)[O-])c2)cc1. The van der Waals surface area contributed by atoms with Gasteiger partial charge in [0.15, 0.2) is 0 Å². The fraction of sp³-hybridized carbons (Fsp3) is 0.174. The molecule has 0 fully saturated rings. The Labute approximate surface area is 184 Å². The molecule has 0 bridgehead atoms. The second-order valence-electron chi connectivity index (χ2n) is 7.81. The van der Waals surface area contributed by atoms with Crippen LogP contribution >= 0.6 is 11.6 Å². The first-order chi connectivity index (χ1) is 14.6. The van der Waals surface area contributed by atoms with E-state index in [1.807, 2.05) is 20.8 Å². The molecule has 3 aromatic rings. The number of carbonyl (C=O) groups is 1. The van der Waals surface area contributed by atoms with Gasteiger partial charge in [0.2, 0.25) is 0 Å². The number of carbonyl (C=O) groups excluding carboxylic acids is 1. The van der Waals surface area contributed by atoms with Crippen molar-refractivity contribution in [1.82, 2.24) is 5.32 Å². The minimum Gasteiger partial charge on any atom is -0.457 e.